The van der Waals surface area contributed by atoms with Gasteiger partial charge in [0.15, 0.2) is 11.6 Å². The molecule has 1 aromatic heterocycles. The van der Waals surface area contributed by atoms with Crippen molar-refractivity contribution in [3.8, 4) is 5.75 Å². The van der Waals surface area contributed by atoms with Gasteiger partial charge in [-0.1, -0.05) is 6.07 Å². The van der Waals surface area contributed by atoms with Crippen molar-refractivity contribution in [3.63, 3.8) is 0 Å². The van der Waals surface area contributed by atoms with Crippen LogP contribution in [0.25, 0.3) is 0 Å². The number of fused-ring (bicyclic) bond motifs is 1. The van der Waals surface area contributed by atoms with E-state index in [0.29, 0.717) is 36.7 Å². The van der Waals surface area contributed by atoms with Crippen molar-refractivity contribution in [1.29, 1.82) is 0 Å². The number of carbonyl (C=O) groups is 1. The lowest BCUT2D eigenvalue weighted by molar-refractivity contribution is 0.0950. The molecule has 0 radical (unpaired) electrons. The Bertz CT molecular complexity index is 653. The maximum absolute atomic E-state index is 12.2. The van der Waals surface area contributed by atoms with Crippen molar-refractivity contribution in [2.75, 3.05) is 25.0 Å². The minimum Gasteiger partial charge on any atom is -0.489 e. The summed E-state index contributed by atoms with van der Waals surface area (Å²) in [4.78, 5) is 16.4. The number of nitrogens with zero attached hydrogens (tertiary/aromatic N) is 3. The maximum Gasteiger partial charge on any atom is 0.255 e. The predicted octanol–water partition coefficient (Wildman–Crippen LogP) is 0.592. The minimum atomic E-state index is -0.147. The van der Waals surface area contributed by atoms with Gasteiger partial charge in [-0.3, -0.25) is 9.48 Å². The number of aryl methyl sites for hydroxylation is 1. The average molecular weight is 287 g/mol. The second kappa shape index (κ2) is 5.82. The van der Waals surface area contributed by atoms with Gasteiger partial charge < -0.3 is 15.4 Å². The molecule has 0 bridgehead atoms. The highest BCUT2D eigenvalue weighted by Crippen LogP contribution is 2.30. The molecule has 0 spiro atoms. The molecule has 0 fully saturated rings. The van der Waals surface area contributed by atoms with Gasteiger partial charge in [-0.2, -0.15) is 5.10 Å². The number of hydrogen-bond donors (Lipinski definition) is 2. The molecular weight excluding hydrogens is 270 g/mol. The number of aromatic nitrogens is 3. The lowest BCUT2D eigenvalue weighted by Gasteiger charge is -2.21. The molecule has 0 saturated heterocycles. The molecule has 0 atom stereocenters. The number of carbonyl (C=O) groups excluding carboxylic acids is 1. The number of rotatable bonds is 4. The zero-order valence-corrected chi connectivity index (χ0v) is 11.8. The van der Waals surface area contributed by atoms with Gasteiger partial charge in [0.25, 0.3) is 5.91 Å². The molecule has 0 aliphatic carbocycles. The quantitative estimate of drug-likeness (QED) is 0.860. The fourth-order valence-electron chi connectivity index (χ4n) is 2.23. The smallest absolute Gasteiger partial charge is 0.255 e. The van der Waals surface area contributed by atoms with Gasteiger partial charge in [-0.05, 0) is 12.1 Å². The van der Waals surface area contributed by atoms with Crippen LogP contribution in [0.15, 0.2) is 24.5 Å². The van der Waals surface area contributed by atoms with Gasteiger partial charge in [0.1, 0.15) is 12.9 Å². The third-order valence-corrected chi connectivity index (χ3v) is 3.20. The molecule has 0 unspecified atom stereocenters. The summed E-state index contributed by atoms with van der Waals surface area (Å²) in [6.07, 6.45) is 2.24. The Morgan fingerprint density at radius 2 is 2.43 bits per heavy atom. The van der Waals surface area contributed by atoms with Crippen LogP contribution in [-0.4, -0.2) is 40.4 Å². The van der Waals surface area contributed by atoms with Gasteiger partial charge >= 0.3 is 0 Å². The summed E-state index contributed by atoms with van der Waals surface area (Å²) >= 11 is 0. The molecule has 7 nitrogen and oxygen atoms in total. The first-order valence-electron chi connectivity index (χ1n) is 6.86. The van der Waals surface area contributed by atoms with Gasteiger partial charge in [0.05, 0.1) is 11.3 Å². The zero-order chi connectivity index (χ0) is 14.7. The molecule has 3 rings (SSSR count). The largest absolute Gasteiger partial charge is 0.489 e. The van der Waals surface area contributed by atoms with Crippen LogP contribution < -0.4 is 15.4 Å². The highest BCUT2D eigenvalue weighted by atomic mass is 16.5. The topological polar surface area (TPSA) is 81.1 Å². The van der Waals surface area contributed by atoms with Crippen LogP contribution in [0.2, 0.25) is 0 Å². The number of hydrogen-bond acceptors (Lipinski definition) is 5. The van der Waals surface area contributed by atoms with E-state index in [1.54, 1.807) is 17.1 Å². The Balaban J connectivity index is 1.63. The second-order valence-electron chi connectivity index (χ2n) is 4.80. The number of nitrogens with one attached hydrogen (secondary N) is 2. The van der Waals surface area contributed by atoms with Gasteiger partial charge in [-0.15, -0.1) is 0 Å². The molecule has 7 heteroatoms. The summed E-state index contributed by atoms with van der Waals surface area (Å²) < 4.78 is 7.24. The van der Waals surface area contributed by atoms with Crippen molar-refractivity contribution in [2.45, 2.75) is 6.42 Å². The Hall–Kier alpha value is -2.57. The molecular formula is C14H17N5O2. The minimum absolute atomic E-state index is 0.147. The summed E-state index contributed by atoms with van der Waals surface area (Å²) in [7, 11) is 1.82. The molecule has 110 valence electrons. The zero-order valence-electron chi connectivity index (χ0n) is 11.8. The Morgan fingerprint density at radius 1 is 1.52 bits per heavy atom. The maximum atomic E-state index is 12.2. The van der Waals surface area contributed by atoms with E-state index in [4.69, 9.17) is 4.74 Å². The van der Waals surface area contributed by atoms with Crippen molar-refractivity contribution in [2.24, 2.45) is 7.05 Å². The van der Waals surface area contributed by atoms with Crippen molar-refractivity contribution >= 4 is 11.6 Å². The van der Waals surface area contributed by atoms with Gasteiger partial charge in [0.2, 0.25) is 0 Å². The SMILES string of the molecule is Cn1cnc(CCNC(=O)c2cccc3c2OCCN3)n1. The van der Waals surface area contributed by atoms with Crippen LogP contribution in [0.3, 0.4) is 0 Å². The van der Waals surface area contributed by atoms with Crippen molar-refractivity contribution < 1.29 is 9.53 Å². The second-order valence-corrected chi connectivity index (χ2v) is 4.80. The fourth-order valence-corrected chi connectivity index (χ4v) is 2.23. The van der Waals surface area contributed by atoms with E-state index < -0.39 is 0 Å². The van der Waals surface area contributed by atoms with Crippen LogP contribution >= 0.6 is 0 Å². The molecule has 0 saturated carbocycles. The van der Waals surface area contributed by atoms with E-state index in [-0.39, 0.29) is 5.91 Å². The predicted molar refractivity (Wildman–Crippen MR) is 77.5 cm³/mol. The number of benzene rings is 1. The lowest BCUT2D eigenvalue weighted by Crippen LogP contribution is -2.28. The summed E-state index contributed by atoms with van der Waals surface area (Å²) in [5.74, 6) is 1.19. The van der Waals surface area contributed by atoms with Crippen LogP contribution in [-0.2, 0) is 13.5 Å². The summed E-state index contributed by atoms with van der Waals surface area (Å²) in [6.45, 7) is 1.80. The van der Waals surface area contributed by atoms with Gasteiger partial charge in [0, 0.05) is 26.6 Å². The lowest BCUT2D eigenvalue weighted by atomic mass is 10.1. The molecule has 21 heavy (non-hydrogen) atoms. The van der Waals surface area contributed by atoms with E-state index in [1.165, 1.54) is 0 Å². The summed E-state index contributed by atoms with van der Waals surface area (Å²) in [5.41, 5.74) is 1.41. The van der Waals surface area contributed by atoms with Crippen LogP contribution in [0.5, 0.6) is 5.75 Å². The molecule has 1 aromatic carbocycles. The Morgan fingerprint density at radius 3 is 3.24 bits per heavy atom. The third kappa shape index (κ3) is 2.96. The number of para-hydroxylation sites is 1. The summed E-state index contributed by atoms with van der Waals surface area (Å²) in [6, 6.07) is 5.51. The molecule has 1 amide bonds. The van der Waals surface area contributed by atoms with E-state index in [9.17, 15) is 4.79 Å². The van der Waals surface area contributed by atoms with E-state index in [2.05, 4.69) is 20.7 Å². The monoisotopic (exact) mass is 287 g/mol. The third-order valence-electron chi connectivity index (χ3n) is 3.20. The first-order chi connectivity index (χ1) is 10.2. The van der Waals surface area contributed by atoms with Crippen molar-refractivity contribution in [3.05, 3.63) is 35.9 Å². The normalized spacial score (nSPS) is 13.0. The highest BCUT2D eigenvalue weighted by Gasteiger charge is 2.18. The Kier molecular flexibility index (Phi) is 3.72. The number of ether oxygens (including phenoxy) is 1. The van der Waals surface area contributed by atoms with Crippen LogP contribution in [0, 0.1) is 0 Å². The van der Waals surface area contributed by atoms with Crippen LogP contribution in [0.1, 0.15) is 16.2 Å². The van der Waals surface area contributed by atoms with Crippen LogP contribution in [0.4, 0.5) is 5.69 Å². The first kappa shape index (κ1) is 13.4. The van der Waals surface area contributed by atoms with E-state index in [1.807, 2.05) is 19.2 Å². The molecule has 2 aromatic rings. The van der Waals surface area contributed by atoms with E-state index in [0.717, 1.165) is 12.2 Å². The van der Waals surface area contributed by atoms with Crippen molar-refractivity contribution in [1.82, 2.24) is 20.1 Å². The Labute approximate surface area is 122 Å². The number of amides is 1. The van der Waals surface area contributed by atoms with Gasteiger partial charge in [-0.25, -0.2) is 4.98 Å². The highest BCUT2D eigenvalue weighted by molar-refractivity contribution is 5.98. The fraction of sp³-hybridized carbons (Fsp3) is 0.357. The average Bonchev–Trinajstić information content (AvgIpc) is 2.92. The first-order valence-corrected chi connectivity index (χ1v) is 6.86. The molecule has 2 heterocycles. The standard InChI is InChI=1S/C14H17N5O2/c1-19-9-17-12(18-19)5-6-16-14(20)10-3-2-4-11-13(10)21-8-7-15-11/h2-4,9,15H,5-8H2,1H3,(H,16,20). The molecule has 1 aliphatic heterocycles. The number of anilines is 1. The molecule has 1 aliphatic rings. The van der Waals surface area contributed by atoms with E-state index >= 15 is 0 Å². The molecule has 2 N–H and O–H groups in total. The summed E-state index contributed by atoms with van der Waals surface area (Å²) in [5, 5.41) is 10.3.